The molecule has 0 unspecified atom stereocenters. The van der Waals surface area contributed by atoms with E-state index in [1.807, 2.05) is 24.3 Å². The number of methoxy groups -OCH3 is 1. The first kappa shape index (κ1) is 17.7. The number of aromatic nitrogens is 1. The summed E-state index contributed by atoms with van der Waals surface area (Å²) in [5.41, 5.74) is 1.71. The SMILES string of the molecule is COc1ccc(Cn2cc(C(=O)Nc3ccc4c(c3)OCO4)ccc2=O)cc1. The number of nitrogens with one attached hydrogen (secondary N) is 1. The van der Waals surface area contributed by atoms with Crippen molar-refractivity contribution < 1.29 is 19.0 Å². The lowest BCUT2D eigenvalue weighted by atomic mass is 10.2. The molecular formula is C21H18N2O5. The van der Waals surface area contributed by atoms with Gasteiger partial charge in [0.2, 0.25) is 6.79 Å². The highest BCUT2D eigenvalue weighted by atomic mass is 16.7. The molecule has 1 aliphatic rings. The highest BCUT2D eigenvalue weighted by molar-refractivity contribution is 6.04. The predicted octanol–water partition coefficient (Wildman–Crippen LogP) is 2.89. The fourth-order valence-electron chi connectivity index (χ4n) is 2.89. The van der Waals surface area contributed by atoms with Crippen LogP contribution in [0.4, 0.5) is 5.69 Å². The number of carbonyl (C=O) groups is 1. The van der Waals surface area contributed by atoms with Crippen LogP contribution in [-0.4, -0.2) is 24.4 Å². The molecule has 0 radical (unpaired) electrons. The van der Waals surface area contributed by atoms with E-state index in [2.05, 4.69) is 5.32 Å². The Morgan fingerprint density at radius 1 is 1.07 bits per heavy atom. The van der Waals surface area contributed by atoms with E-state index in [0.717, 1.165) is 11.3 Å². The van der Waals surface area contributed by atoms with Crippen molar-refractivity contribution in [1.82, 2.24) is 4.57 Å². The largest absolute Gasteiger partial charge is 0.497 e. The zero-order valence-electron chi connectivity index (χ0n) is 15.2. The second-order valence-corrected chi connectivity index (χ2v) is 6.25. The molecule has 28 heavy (non-hydrogen) atoms. The number of benzene rings is 2. The molecule has 4 rings (SSSR count). The van der Waals surface area contributed by atoms with E-state index >= 15 is 0 Å². The number of amides is 1. The van der Waals surface area contributed by atoms with Gasteiger partial charge in [-0.2, -0.15) is 0 Å². The summed E-state index contributed by atoms with van der Waals surface area (Å²) in [4.78, 5) is 24.8. The minimum absolute atomic E-state index is 0.170. The van der Waals surface area contributed by atoms with Crippen LogP contribution in [0.5, 0.6) is 17.2 Å². The van der Waals surface area contributed by atoms with Crippen molar-refractivity contribution in [2.75, 3.05) is 19.2 Å². The van der Waals surface area contributed by atoms with Gasteiger partial charge >= 0.3 is 0 Å². The molecule has 0 saturated carbocycles. The van der Waals surface area contributed by atoms with E-state index in [9.17, 15) is 9.59 Å². The number of anilines is 1. The summed E-state index contributed by atoms with van der Waals surface area (Å²) in [6.45, 7) is 0.525. The molecule has 0 bridgehead atoms. The van der Waals surface area contributed by atoms with Gasteiger partial charge in [0.25, 0.3) is 11.5 Å². The Hall–Kier alpha value is -3.74. The number of pyridine rings is 1. The van der Waals surface area contributed by atoms with Crippen molar-refractivity contribution in [3.05, 3.63) is 82.3 Å². The van der Waals surface area contributed by atoms with Crippen LogP contribution in [0.3, 0.4) is 0 Å². The van der Waals surface area contributed by atoms with Crippen molar-refractivity contribution in [3.63, 3.8) is 0 Å². The molecule has 1 N–H and O–H groups in total. The Bertz CT molecular complexity index is 1070. The quantitative estimate of drug-likeness (QED) is 0.739. The normalized spacial score (nSPS) is 11.9. The maximum absolute atomic E-state index is 12.6. The van der Waals surface area contributed by atoms with Gasteiger partial charge in [-0.25, -0.2) is 0 Å². The van der Waals surface area contributed by atoms with Crippen LogP contribution in [0.2, 0.25) is 0 Å². The maximum Gasteiger partial charge on any atom is 0.257 e. The van der Waals surface area contributed by atoms with Gasteiger partial charge in [0.1, 0.15) is 5.75 Å². The standard InChI is InChI=1S/C21H18N2O5/c1-26-17-6-2-14(3-7-17)11-23-12-15(4-9-20(23)24)21(25)22-16-5-8-18-19(10-16)28-13-27-18/h2-10,12H,11,13H2,1H3,(H,22,25). The molecule has 3 aromatic rings. The van der Waals surface area contributed by atoms with Crippen LogP contribution in [0.25, 0.3) is 0 Å². The molecule has 1 amide bonds. The van der Waals surface area contributed by atoms with Crippen LogP contribution in [0, 0.1) is 0 Å². The lowest BCUT2D eigenvalue weighted by Gasteiger charge is -2.10. The molecule has 2 aromatic carbocycles. The smallest absolute Gasteiger partial charge is 0.257 e. The summed E-state index contributed by atoms with van der Waals surface area (Å²) >= 11 is 0. The van der Waals surface area contributed by atoms with E-state index < -0.39 is 0 Å². The van der Waals surface area contributed by atoms with Gasteiger partial charge in [0.15, 0.2) is 11.5 Å². The first-order chi connectivity index (χ1) is 13.6. The molecule has 1 aliphatic heterocycles. The van der Waals surface area contributed by atoms with Crippen molar-refractivity contribution in [2.24, 2.45) is 0 Å². The number of hydrogen-bond donors (Lipinski definition) is 1. The Balaban J connectivity index is 1.52. The lowest BCUT2D eigenvalue weighted by Crippen LogP contribution is -2.22. The van der Waals surface area contributed by atoms with Gasteiger partial charge in [-0.1, -0.05) is 12.1 Å². The van der Waals surface area contributed by atoms with Crippen LogP contribution in [-0.2, 0) is 6.54 Å². The average Bonchev–Trinajstić information content (AvgIpc) is 3.18. The molecule has 0 saturated heterocycles. The van der Waals surface area contributed by atoms with Crippen molar-refractivity contribution >= 4 is 11.6 Å². The monoisotopic (exact) mass is 378 g/mol. The summed E-state index contributed by atoms with van der Waals surface area (Å²) in [5.74, 6) is 1.66. The third kappa shape index (κ3) is 3.68. The third-order valence-corrected chi connectivity index (χ3v) is 4.39. The maximum atomic E-state index is 12.6. The van der Waals surface area contributed by atoms with Crippen LogP contribution >= 0.6 is 0 Å². The number of carbonyl (C=O) groups excluding carboxylic acids is 1. The summed E-state index contributed by atoms with van der Waals surface area (Å²) < 4.78 is 17.2. The van der Waals surface area contributed by atoms with Gasteiger partial charge in [-0.3, -0.25) is 9.59 Å². The van der Waals surface area contributed by atoms with Crippen LogP contribution < -0.4 is 25.1 Å². The number of fused-ring (bicyclic) bond motifs is 1. The zero-order chi connectivity index (χ0) is 19.5. The first-order valence-corrected chi connectivity index (χ1v) is 8.67. The van der Waals surface area contributed by atoms with E-state index in [0.29, 0.717) is 29.3 Å². The molecule has 142 valence electrons. The Morgan fingerprint density at radius 3 is 2.64 bits per heavy atom. The van der Waals surface area contributed by atoms with Gasteiger partial charge < -0.3 is 24.1 Å². The number of nitrogens with zero attached hydrogens (tertiary/aromatic N) is 1. The molecular weight excluding hydrogens is 360 g/mol. The third-order valence-electron chi connectivity index (χ3n) is 4.39. The molecule has 7 heteroatoms. The molecule has 0 fully saturated rings. The van der Waals surface area contributed by atoms with Crippen molar-refractivity contribution in [2.45, 2.75) is 6.54 Å². The molecule has 1 aromatic heterocycles. The van der Waals surface area contributed by atoms with E-state index in [4.69, 9.17) is 14.2 Å². The fourth-order valence-corrected chi connectivity index (χ4v) is 2.89. The highest BCUT2D eigenvalue weighted by Crippen LogP contribution is 2.34. The van der Waals surface area contributed by atoms with Gasteiger partial charge in [-0.05, 0) is 35.9 Å². The van der Waals surface area contributed by atoms with Gasteiger partial charge in [0.05, 0.1) is 19.2 Å². The topological polar surface area (TPSA) is 78.8 Å². The molecule has 7 nitrogen and oxygen atoms in total. The second-order valence-electron chi connectivity index (χ2n) is 6.25. The average molecular weight is 378 g/mol. The summed E-state index contributed by atoms with van der Waals surface area (Å²) in [7, 11) is 1.60. The number of ether oxygens (including phenoxy) is 3. The van der Waals surface area contributed by atoms with Crippen LogP contribution in [0.15, 0.2) is 65.6 Å². The minimum Gasteiger partial charge on any atom is -0.497 e. The second kappa shape index (κ2) is 7.48. The van der Waals surface area contributed by atoms with Gasteiger partial charge in [-0.15, -0.1) is 0 Å². The van der Waals surface area contributed by atoms with Crippen molar-refractivity contribution in [3.8, 4) is 17.2 Å². The Morgan fingerprint density at radius 2 is 1.86 bits per heavy atom. The molecule has 0 spiro atoms. The van der Waals surface area contributed by atoms with Gasteiger partial charge in [0, 0.05) is 24.0 Å². The Kier molecular flexibility index (Phi) is 4.72. The lowest BCUT2D eigenvalue weighted by molar-refractivity contribution is 0.102. The Labute approximate surface area is 161 Å². The zero-order valence-corrected chi connectivity index (χ0v) is 15.2. The molecule has 0 atom stereocenters. The number of hydrogen-bond acceptors (Lipinski definition) is 5. The molecule has 0 aliphatic carbocycles. The number of rotatable bonds is 5. The van der Waals surface area contributed by atoms with E-state index in [1.165, 1.54) is 16.7 Å². The van der Waals surface area contributed by atoms with E-state index in [-0.39, 0.29) is 18.3 Å². The van der Waals surface area contributed by atoms with Crippen LogP contribution in [0.1, 0.15) is 15.9 Å². The predicted molar refractivity (Wildman–Crippen MR) is 103 cm³/mol. The molecule has 2 heterocycles. The van der Waals surface area contributed by atoms with E-state index in [1.54, 1.807) is 31.5 Å². The van der Waals surface area contributed by atoms with Crippen molar-refractivity contribution in [1.29, 1.82) is 0 Å². The fraction of sp³-hybridized carbons (Fsp3) is 0.143. The highest BCUT2D eigenvalue weighted by Gasteiger charge is 2.15. The summed E-state index contributed by atoms with van der Waals surface area (Å²) in [6.07, 6.45) is 1.55. The first-order valence-electron chi connectivity index (χ1n) is 8.67. The summed E-state index contributed by atoms with van der Waals surface area (Å²) in [6, 6.07) is 15.5. The minimum atomic E-state index is -0.317. The summed E-state index contributed by atoms with van der Waals surface area (Å²) in [5, 5.41) is 2.81.